The van der Waals surface area contributed by atoms with Crippen molar-refractivity contribution in [3.63, 3.8) is 0 Å². The summed E-state index contributed by atoms with van der Waals surface area (Å²) in [6.07, 6.45) is 7.24. The van der Waals surface area contributed by atoms with Gasteiger partial charge in [-0.25, -0.2) is 0 Å². The van der Waals surface area contributed by atoms with Crippen LogP contribution in [0.25, 0.3) is 0 Å². The molecule has 112 valence electrons. The van der Waals surface area contributed by atoms with Gasteiger partial charge in [-0.1, -0.05) is 26.7 Å². The Kier molecular flexibility index (Phi) is 6.31. The largest absolute Gasteiger partial charge is 0.481 e. The molecule has 2 atom stereocenters. The molecule has 0 radical (unpaired) electrons. The Labute approximate surface area is 118 Å². The molecule has 0 aromatic rings. The molecule has 3 heteroatoms. The Hall–Kier alpha value is -0.570. The molecule has 1 fully saturated rings. The van der Waals surface area contributed by atoms with Crippen LogP contribution in [0.2, 0.25) is 0 Å². The third-order valence-electron chi connectivity index (χ3n) is 4.35. The van der Waals surface area contributed by atoms with Gasteiger partial charge < -0.3 is 10.4 Å². The first-order valence-electron chi connectivity index (χ1n) is 7.78. The van der Waals surface area contributed by atoms with E-state index in [0.29, 0.717) is 12.5 Å². The van der Waals surface area contributed by atoms with Crippen molar-refractivity contribution in [1.29, 1.82) is 0 Å². The van der Waals surface area contributed by atoms with Crippen molar-refractivity contribution in [2.45, 2.75) is 72.3 Å². The predicted molar refractivity (Wildman–Crippen MR) is 79.2 cm³/mol. The number of hydrogen-bond donors (Lipinski definition) is 2. The zero-order valence-corrected chi connectivity index (χ0v) is 13.0. The quantitative estimate of drug-likeness (QED) is 0.741. The van der Waals surface area contributed by atoms with Gasteiger partial charge in [0.05, 0.1) is 5.41 Å². The van der Waals surface area contributed by atoms with Gasteiger partial charge in [0.1, 0.15) is 0 Å². The van der Waals surface area contributed by atoms with Gasteiger partial charge >= 0.3 is 5.97 Å². The standard InChI is InChI=1S/C16H31NO2/c1-12(2)10-13-6-5-7-14(11-13)17-9-8-16(3,4)15(18)19/h12-14,17H,5-11H2,1-4H3,(H,18,19). The maximum atomic E-state index is 11.0. The number of carboxylic acids is 1. The van der Waals surface area contributed by atoms with Gasteiger partial charge in [0.15, 0.2) is 0 Å². The smallest absolute Gasteiger partial charge is 0.309 e. The lowest BCUT2D eigenvalue weighted by molar-refractivity contribution is -0.147. The summed E-state index contributed by atoms with van der Waals surface area (Å²) < 4.78 is 0. The van der Waals surface area contributed by atoms with Crippen molar-refractivity contribution < 1.29 is 9.90 Å². The Morgan fingerprint density at radius 3 is 2.63 bits per heavy atom. The van der Waals surface area contributed by atoms with Crippen LogP contribution in [0.3, 0.4) is 0 Å². The molecule has 1 saturated carbocycles. The van der Waals surface area contributed by atoms with Gasteiger partial charge in [0.2, 0.25) is 0 Å². The first-order chi connectivity index (χ1) is 8.81. The van der Waals surface area contributed by atoms with Crippen LogP contribution in [-0.4, -0.2) is 23.7 Å². The van der Waals surface area contributed by atoms with Crippen LogP contribution in [0, 0.1) is 17.3 Å². The number of carboxylic acid groups (broad SMARTS) is 1. The fourth-order valence-electron chi connectivity index (χ4n) is 3.05. The van der Waals surface area contributed by atoms with E-state index in [4.69, 9.17) is 5.11 Å². The summed E-state index contributed by atoms with van der Waals surface area (Å²) in [5.74, 6) is 0.948. The topological polar surface area (TPSA) is 49.3 Å². The van der Waals surface area contributed by atoms with Crippen molar-refractivity contribution in [2.24, 2.45) is 17.3 Å². The maximum Gasteiger partial charge on any atom is 0.309 e. The highest BCUT2D eigenvalue weighted by atomic mass is 16.4. The van der Waals surface area contributed by atoms with Crippen molar-refractivity contribution in [1.82, 2.24) is 5.32 Å². The van der Waals surface area contributed by atoms with E-state index >= 15 is 0 Å². The van der Waals surface area contributed by atoms with Gasteiger partial charge in [0, 0.05) is 6.04 Å². The molecule has 2 N–H and O–H groups in total. The van der Waals surface area contributed by atoms with Gasteiger partial charge in [-0.15, -0.1) is 0 Å². The number of rotatable bonds is 7. The highest BCUT2D eigenvalue weighted by Crippen LogP contribution is 2.29. The van der Waals surface area contributed by atoms with E-state index in [1.165, 1.54) is 32.1 Å². The molecule has 3 nitrogen and oxygen atoms in total. The van der Waals surface area contributed by atoms with E-state index in [0.717, 1.165) is 18.4 Å². The second kappa shape index (κ2) is 7.28. The van der Waals surface area contributed by atoms with Crippen LogP contribution >= 0.6 is 0 Å². The monoisotopic (exact) mass is 269 g/mol. The normalized spacial score (nSPS) is 24.7. The van der Waals surface area contributed by atoms with Crippen LogP contribution in [0.15, 0.2) is 0 Å². The molecule has 0 bridgehead atoms. The molecular weight excluding hydrogens is 238 g/mol. The summed E-state index contributed by atoms with van der Waals surface area (Å²) in [6, 6.07) is 0.599. The Morgan fingerprint density at radius 1 is 1.37 bits per heavy atom. The fourth-order valence-corrected chi connectivity index (χ4v) is 3.05. The lowest BCUT2D eigenvalue weighted by atomic mass is 9.81. The first-order valence-corrected chi connectivity index (χ1v) is 7.78. The lowest BCUT2D eigenvalue weighted by Gasteiger charge is -2.31. The van der Waals surface area contributed by atoms with Gasteiger partial charge in [-0.05, 0) is 57.9 Å². The summed E-state index contributed by atoms with van der Waals surface area (Å²) >= 11 is 0. The second-order valence-electron chi connectivity index (χ2n) is 7.25. The molecule has 0 aromatic carbocycles. The summed E-state index contributed by atoms with van der Waals surface area (Å²) in [6.45, 7) is 9.02. The van der Waals surface area contributed by atoms with E-state index in [2.05, 4.69) is 19.2 Å². The minimum atomic E-state index is -0.698. The average molecular weight is 269 g/mol. The van der Waals surface area contributed by atoms with Crippen molar-refractivity contribution in [3.05, 3.63) is 0 Å². The zero-order chi connectivity index (χ0) is 14.5. The van der Waals surface area contributed by atoms with Crippen LogP contribution in [-0.2, 0) is 4.79 Å². The molecule has 0 heterocycles. The summed E-state index contributed by atoms with van der Waals surface area (Å²) in [5, 5.41) is 12.7. The molecular formula is C16H31NO2. The molecule has 2 unspecified atom stereocenters. The Morgan fingerprint density at radius 2 is 2.05 bits per heavy atom. The Bertz CT molecular complexity index is 286. The minimum Gasteiger partial charge on any atom is -0.481 e. The second-order valence-corrected chi connectivity index (χ2v) is 7.25. The first kappa shape index (κ1) is 16.5. The van der Waals surface area contributed by atoms with Crippen molar-refractivity contribution >= 4 is 5.97 Å². The molecule has 1 aliphatic carbocycles. The number of nitrogens with one attached hydrogen (secondary N) is 1. The molecule has 1 aliphatic rings. The van der Waals surface area contributed by atoms with Crippen LogP contribution in [0.1, 0.15) is 66.2 Å². The van der Waals surface area contributed by atoms with Gasteiger partial charge in [-0.3, -0.25) is 4.79 Å². The molecule has 0 spiro atoms. The molecule has 0 aromatic heterocycles. The van der Waals surface area contributed by atoms with Crippen molar-refractivity contribution in [3.8, 4) is 0 Å². The van der Waals surface area contributed by atoms with Crippen LogP contribution < -0.4 is 5.32 Å². The zero-order valence-electron chi connectivity index (χ0n) is 13.0. The number of carbonyl (C=O) groups is 1. The summed E-state index contributed by atoms with van der Waals surface area (Å²) in [7, 11) is 0. The molecule has 19 heavy (non-hydrogen) atoms. The third kappa shape index (κ3) is 5.94. The number of hydrogen-bond acceptors (Lipinski definition) is 2. The van der Waals surface area contributed by atoms with E-state index in [-0.39, 0.29) is 0 Å². The molecule has 1 rings (SSSR count). The van der Waals surface area contributed by atoms with Crippen LogP contribution in [0.4, 0.5) is 0 Å². The van der Waals surface area contributed by atoms with E-state index in [9.17, 15) is 4.79 Å². The molecule has 0 saturated heterocycles. The lowest BCUT2D eigenvalue weighted by Crippen LogP contribution is -2.37. The average Bonchev–Trinajstić information content (AvgIpc) is 2.28. The third-order valence-corrected chi connectivity index (χ3v) is 4.35. The van der Waals surface area contributed by atoms with Crippen molar-refractivity contribution in [2.75, 3.05) is 6.54 Å². The highest BCUT2D eigenvalue weighted by Gasteiger charge is 2.27. The molecule has 0 amide bonds. The molecule has 0 aliphatic heterocycles. The van der Waals surface area contributed by atoms with Gasteiger partial charge in [-0.2, -0.15) is 0 Å². The number of aliphatic carboxylic acids is 1. The predicted octanol–water partition coefficient (Wildman–Crippen LogP) is 3.68. The summed E-state index contributed by atoms with van der Waals surface area (Å²) in [5.41, 5.74) is -0.612. The fraction of sp³-hybridized carbons (Fsp3) is 0.938. The highest BCUT2D eigenvalue weighted by molar-refractivity contribution is 5.73. The van der Waals surface area contributed by atoms with E-state index in [1.807, 2.05) is 0 Å². The summed E-state index contributed by atoms with van der Waals surface area (Å²) in [4.78, 5) is 11.0. The minimum absolute atomic E-state index is 0.599. The van der Waals surface area contributed by atoms with Gasteiger partial charge in [0.25, 0.3) is 0 Å². The van der Waals surface area contributed by atoms with E-state index < -0.39 is 11.4 Å². The van der Waals surface area contributed by atoms with E-state index in [1.54, 1.807) is 13.8 Å². The van der Waals surface area contributed by atoms with Crippen LogP contribution in [0.5, 0.6) is 0 Å². The SMILES string of the molecule is CC(C)CC1CCCC(NCCC(C)(C)C(=O)O)C1. The Balaban J connectivity index is 2.27. The maximum absolute atomic E-state index is 11.0.